The molecule has 114 valence electrons. The van der Waals surface area contributed by atoms with Gasteiger partial charge in [0.1, 0.15) is 0 Å². The third-order valence-corrected chi connectivity index (χ3v) is 4.17. The molecule has 3 heterocycles. The van der Waals surface area contributed by atoms with Gasteiger partial charge in [-0.3, -0.25) is 4.79 Å². The Morgan fingerprint density at radius 3 is 2.67 bits per heavy atom. The van der Waals surface area contributed by atoms with Gasteiger partial charge in [-0.15, -0.1) is 0 Å². The second-order valence-electron chi connectivity index (χ2n) is 5.59. The number of carbonyl (C=O) groups is 1. The molecule has 2 saturated heterocycles. The van der Waals surface area contributed by atoms with Crippen LogP contribution in [0.3, 0.4) is 0 Å². The summed E-state index contributed by atoms with van der Waals surface area (Å²) in [5, 5.41) is 0. The molecule has 1 unspecified atom stereocenters. The van der Waals surface area contributed by atoms with Crippen LogP contribution < -0.4 is 4.90 Å². The number of rotatable bonds is 4. The highest BCUT2D eigenvalue weighted by Gasteiger charge is 2.23. The van der Waals surface area contributed by atoms with E-state index in [0.717, 1.165) is 58.0 Å². The first-order valence-electron chi connectivity index (χ1n) is 7.74. The smallest absolute Gasteiger partial charge is 0.225 e. The Morgan fingerprint density at radius 1 is 1.24 bits per heavy atom. The number of hydrogen-bond acceptors (Lipinski definition) is 5. The number of anilines is 1. The topological polar surface area (TPSA) is 58.6 Å². The summed E-state index contributed by atoms with van der Waals surface area (Å²) >= 11 is 0. The van der Waals surface area contributed by atoms with E-state index in [4.69, 9.17) is 4.74 Å². The highest BCUT2D eigenvalue weighted by molar-refractivity contribution is 5.76. The second kappa shape index (κ2) is 6.85. The standard InChI is InChI=1S/C15H22N4O2/c20-14(5-4-13-3-1-12-21-13)18-8-10-19(11-9-18)15-16-6-2-7-17-15/h2,6-7,13H,1,3-5,8-12H2. The average Bonchev–Trinajstić information content (AvgIpc) is 3.07. The highest BCUT2D eigenvalue weighted by Crippen LogP contribution is 2.18. The van der Waals surface area contributed by atoms with Crippen molar-refractivity contribution in [1.82, 2.24) is 14.9 Å². The van der Waals surface area contributed by atoms with Crippen LogP contribution in [0.15, 0.2) is 18.5 Å². The van der Waals surface area contributed by atoms with Gasteiger partial charge in [0.15, 0.2) is 0 Å². The lowest BCUT2D eigenvalue weighted by Gasteiger charge is -2.34. The van der Waals surface area contributed by atoms with E-state index in [1.165, 1.54) is 0 Å². The van der Waals surface area contributed by atoms with Gasteiger partial charge in [-0.1, -0.05) is 0 Å². The van der Waals surface area contributed by atoms with Crippen molar-refractivity contribution in [2.45, 2.75) is 31.8 Å². The zero-order chi connectivity index (χ0) is 14.5. The first kappa shape index (κ1) is 14.3. The van der Waals surface area contributed by atoms with Gasteiger partial charge < -0.3 is 14.5 Å². The van der Waals surface area contributed by atoms with Gasteiger partial charge in [-0.2, -0.15) is 0 Å². The molecule has 0 radical (unpaired) electrons. The molecule has 0 saturated carbocycles. The van der Waals surface area contributed by atoms with Crippen LogP contribution >= 0.6 is 0 Å². The summed E-state index contributed by atoms with van der Waals surface area (Å²) in [7, 11) is 0. The van der Waals surface area contributed by atoms with E-state index in [1.54, 1.807) is 12.4 Å². The molecule has 0 N–H and O–H groups in total. The molecule has 2 fully saturated rings. The minimum absolute atomic E-state index is 0.249. The Kier molecular flexibility index (Phi) is 4.65. The predicted molar refractivity (Wildman–Crippen MR) is 79.0 cm³/mol. The lowest BCUT2D eigenvalue weighted by molar-refractivity contribution is -0.132. The zero-order valence-electron chi connectivity index (χ0n) is 12.3. The monoisotopic (exact) mass is 290 g/mol. The SMILES string of the molecule is O=C(CCC1CCCO1)N1CCN(c2ncccn2)CC1. The van der Waals surface area contributed by atoms with Gasteiger partial charge in [0.05, 0.1) is 6.10 Å². The molecule has 0 aromatic carbocycles. The molecular formula is C15H22N4O2. The number of piperazine rings is 1. The lowest BCUT2D eigenvalue weighted by Crippen LogP contribution is -2.49. The van der Waals surface area contributed by atoms with Crippen LogP contribution in [0.5, 0.6) is 0 Å². The van der Waals surface area contributed by atoms with Gasteiger partial charge in [0, 0.05) is 51.6 Å². The molecule has 1 atom stereocenters. The van der Waals surface area contributed by atoms with Crippen LogP contribution in [-0.4, -0.2) is 59.7 Å². The van der Waals surface area contributed by atoms with Crippen LogP contribution in [0.25, 0.3) is 0 Å². The molecule has 3 rings (SSSR count). The number of hydrogen-bond donors (Lipinski definition) is 0. The summed E-state index contributed by atoms with van der Waals surface area (Å²) in [6, 6.07) is 1.81. The molecule has 6 nitrogen and oxygen atoms in total. The first-order chi connectivity index (χ1) is 10.3. The number of carbonyl (C=O) groups excluding carboxylic acids is 1. The molecule has 1 aromatic rings. The van der Waals surface area contributed by atoms with Gasteiger partial charge in [0.2, 0.25) is 11.9 Å². The largest absolute Gasteiger partial charge is 0.378 e. The van der Waals surface area contributed by atoms with E-state index >= 15 is 0 Å². The van der Waals surface area contributed by atoms with E-state index in [-0.39, 0.29) is 5.91 Å². The normalized spacial score (nSPS) is 22.6. The molecule has 0 bridgehead atoms. The summed E-state index contributed by atoms with van der Waals surface area (Å²) in [5.74, 6) is 1.00. The Labute approximate surface area is 125 Å². The molecule has 1 aromatic heterocycles. The van der Waals surface area contributed by atoms with Gasteiger partial charge >= 0.3 is 0 Å². The zero-order valence-corrected chi connectivity index (χ0v) is 12.3. The summed E-state index contributed by atoms with van der Waals surface area (Å²) < 4.78 is 5.57. The fourth-order valence-electron chi connectivity index (χ4n) is 2.92. The van der Waals surface area contributed by atoms with Crippen molar-refractivity contribution in [2.24, 2.45) is 0 Å². The second-order valence-corrected chi connectivity index (χ2v) is 5.59. The highest BCUT2D eigenvalue weighted by atomic mass is 16.5. The van der Waals surface area contributed by atoms with Crippen molar-refractivity contribution < 1.29 is 9.53 Å². The number of aromatic nitrogens is 2. The fraction of sp³-hybridized carbons (Fsp3) is 0.667. The molecule has 1 amide bonds. The van der Waals surface area contributed by atoms with Crippen LogP contribution in [-0.2, 0) is 9.53 Å². The van der Waals surface area contributed by atoms with Crippen LogP contribution in [0.4, 0.5) is 5.95 Å². The molecule has 2 aliphatic heterocycles. The lowest BCUT2D eigenvalue weighted by atomic mass is 10.1. The molecule has 21 heavy (non-hydrogen) atoms. The van der Waals surface area contributed by atoms with Crippen molar-refractivity contribution in [3.05, 3.63) is 18.5 Å². The number of nitrogens with zero attached hydrogens (tertiary/aromatic N) is 4. The van der Waals surface area contributed by atoms with Crippen LogP contribution in [0, 0.1) is 0 Å². The van der Waals surface area contributed by atoms with E-state index < -0.39 is 0 Å². The van der Waals surface area contributed by atoms with Crippen molar-refractivity contribution >= 4 is 11.9 Å². The Bertz CT molecular complexity index is 454. The number of amides is 1. The Morgan fingerprint density at radius 2 is 2.00 bits per heavy atom. The predicted octanol–water partition coefficient (Wildman–Crippen LogP) is 1.08. The van der Waals surface area contributed by atoms with Gasteiger partial charge in [-0.05, 0) is 25.3 Å². The maximum atomic E-state index is 12.2. The molecule has 6 heteroatoms. The van der Waals surface area contributed by atoms with E-state index in [1.807, 2.05) is 11.0 Å². The van der Waals surface area contributed by atoms with Crippen LogP contribution in [0.2, 0.25) is 0 Å². The van der Waals surface area contributed by atoms with Crippen molar-refractivity contribution in [1.29, 1.82) is 0 Å². The van der Waals surface area contributed by atoms with E-state index in [9.17, 15) is 4.79 Å². The van der Waals surface area contributed by atoms with Crippen molar-refractivity contribution in [3.8, 4) is 0 Å². The van der Waals surface area contributed by atoms with Gasteiger partial charge in [-0.25, -0.2) is 9.97 Å². The van der Waals surface area contributed by atoms with E-state index in [2.05, 4.69) is 14.9 Å². The molecular weight excluding hydrogens is 268 g/mol. The van der Waals surface area contributed by atoms with Gasteiger partial charge in [0.25, 0.3) is 0 Å². The molecule has 0 spiro atoms. The third-order valence-electron chi connectivity index (χ3n) is 4.17. The van der Waals surface area contributed by atoms with Crippen molar-refractivity contribution in [3.63, 3.8) is 0 Å². The summed E-state index contributed by atoms with van der Waals surface area (Å²) in [5.41, 5.74) is 0. The summed E-state index contributed by atoms with van der Waals surface area (Å²) in [6.07, 6.45) is 7.50. The quantitative estimate of drug-likeness (QED) is 0.830. The first-order valence-corrected chi connectivity index (χ1v) is 7.74. The number of ether oxygens (including phenoxy) is 1. The maximum Gasteiger partial charge on any atom is 0.225 e. The summed E-state index contributed by atoms with van der Waals surface area (Å²) in [4.78, 5) is 24.8. The minimum atomic E-state index is 0.249. The fourth-order valence-corrected chi connectivity index (χ4v) is 2.92. The Hall–Kier alpha value is -1.69. The van der Waals surface area contributed by atoms with Crippen LogP contribution in [0.1, 0.15) is 25.7 Å². The molecule has 2 aliphatic rings. The van der Waals surface area contributed by atoms with Crippen molar-refractivity contribution in [2.75, 3.05) is 37.7 Å². The maximum absolute atomic E-state index is 12.2. The third kappa shape index (κ3) is 3.69. The van der Waals surface area contributed by atoms with E-state index in [0.29, 0.717) is 12.5 Å². The summed E-state index contributed by atoms with van der Waals surface area (Å²) in [6.45, 7) is 3.96. The Balaban J connectivity index is 1.43. The average molecular weight is 290 g/mol. The molecule has 0 aliphatic carbocycles. The minimum Gasteiger partial charge on any atom is -0.378 e.